The molecule has 1 aromatic carbocycles. The first-order chi connectivity index (χ1) is 16.1. The maximum absolute atomic E-state index is 13.3. The van der Waals surface area contributed by atoms with E-state index in [1.807, 2.05) is 27.7 Å². The quantitative estimate of drug-likeness (QED) is 0.699. The molecule has 1 fully saturated rings. The van der Waals surface area contributed by atoms with Gasteiger partial charge >= 0.3 is 6.03 Å². The van der Waals surface area contributed by atoms with Crippen LogP contribution in [0.4, 0.5) is 10.5 Å². The molecule has 4 amide bonds. The lowest BCUT2D eigenvalue weighted by Gasteiger charge is -2.36. The highest BCUT2D eigenvalue weighted by Crippen LogP contribution is 2.32. The van der Waals surface area contributed by atoms with E-state index < -0.39 is 0 Å². The standard InChI is InChI=1S/C25H38N4O5/c1-15(2)26-25(32)29-12-16(3)22(33-6)13-28(5)24(31)20-10-9-19(27-23(30)18-7-8-18)11-21(20)34-14-17(29)4/h9-11,15-18,22H,7-8,12-14H2,1-6H3,(H,26,32)(H,27,30)/t16-,17-,22-/m1/s1. The number of amides is 4. The topological polar surface area (TPSA) is 100 Å². The predicted octanol–water partition coefficient (Wildman–Crippen LogP) is 2.96. The Balaban J connectivity index is 1.92. The fourth-order valence-electron chi connectivity index (χ4n) is 4.05. The lowest BCUT2D eigenvalue weighted by atomic mass is 10.0. The highest BCUT2D eigenvalue weighted by Gasteiger charge is 2.32. The van der Waals surface area contributed by atoms with Gasteiger partial charge in [-0.1, -0.05) is 6.92 Å². The van der Waals surface area contributed by atoms with Gasteiger partial charge in [0.05, 0.1) is 17.7 Å². The Morgan fingerprint density at radius 1 is 1.18 bits per heavy atom. The minimum atomic E-state index is -0.261. The Bertz CT molecular complexity index is 901. The highest BCUT2D eigenvalue weighted by molar-refractivity contribution is 5.99. The molecule has 9 heteroatoms. The highest BCUT2D eigenvalue weighted by atomic mass is 16.5. The van der Waals surface area contributed by atoms with Crippen LogP contribution in [0.5, 0.6) is 5.75 Å². The first kappa shape index (κ1) is 25.8. The van der Waals surface area contributed by atoms with E-state index in [2.05, 4.69) is 10.6 Å². The zero-order valence-electron chi connectivity index (χ0n) is 21.1. The van der Waals surface area contributed by atoms with Gasteiger partial charge in [-0.2, -0.15) is 0 Å². The maximum atomic E-state index is 13.3. The number of nitrogens with one attached hydrogen (secondary N) is 2. The number of benzene rings is 1. The van der Waals surface area contributed by atoms with Gasteiger partial charge in [0.25, 0.3) is 5.91 Å². The van der Waals surface area contributed by atoms with Crippen LogP contribution in [0.2, 0.25) is 0 Å². The van der Waals surface area contributed by atoms with Gasteiger partial charge < -0.3 is 29.9 Å². The van der Waals surface area contributed by atoms with E-state index >= 15 is 0 Å². The van der Waals surface area contributed by atoms with Gasteiger partial charge in [0.1, 0.15) is 12.4 Å². The summed E-state index contributed by atoms with van der Waals surface area (Å²) in [4.78, 5) is 41.9. The molecule has 0 saturated heterocycles. The summed E-state index contributed by atoms with van der Waals surface area (Å²) in [6.07, 6.45) is 1.56. The molecule has 1 heterocycles. The van der Waals surface area contributed by atoms with Crippen molar-refractivity contribution in [1.82, 2.24) is 15.1 Å². The van der Waals surface area contributed by atoms with E-state index in [9.17, 15) is 14.4 Å². The molecule has 3 atom stereocenters. The van der Waals surface area contributed by atoms with Crippen LogP contribution in [-0.4, -0.2) is 79.7 Å². The van der Waals surface area contributed by atoms with Crippen LogP contribution in [-0.2, 0) is 9.53 Å². The molecule has 2 aliphatic rings. The number of hydrogen-bond donors (Lipinski definition) is 2. The fourth-order valence-corrected chi connectivity index (χ4v) is 4.05. The monoisotopic (exact) mass is 474 g/mol. The lowest BCUT2D eigenvalue weighted by Crippen LogP contribution is -2.52. The van der Waals surface area contributed by atoms with E-state index in [4.69, 9.17) is 9.47 Å². The normalized spacial score (nSPS) is 24.0. The summed E-state index contributed by atoms with van der Waals surface area (Å²) in [5.41, 5.74) is 0.990. The lowest BCUT2D eigenvalue weighted by molar-refractivity contribution is -0.117. The van der Waals surface area contributed by atoms with Gasteiger partial charge in [0.15, 0.2) is 0 Å². The molecule has 2 N–H and O–H groups in total. The number of anilines is 1. The number of urea groups is 1. The second-order valence-electron chi connectivity index (χ2n) is 9.83. The van der Waals surface area contributed by atoms with Crippen molar-refractivity contribution in [3.05, 3.63) is 23.8 Å². The molecular formula is C25H38N4O5. The van der Waals surface area contributed by atoms with Gasteiger partial charge in [-0.05, 0) is 45.7 Å². The van der Waals surface area contributed by atoms with Gasteiger partial charge in [-0.15, -0.1) is 0 Å². The van der Waals surface area contributed by atoms with Crippen LogP contribution in [0, 0.1) is 11.8 Å². The van der Waals surface area contributed by atoms with Crippen LogP contribution < -0.4 is 15.4 Å². The number of carbonyl (C=O) groups excluding carboxylic acids is 3. The molecule has 1 aliphatic heterocycles. The predicted molar refractivity (Wildman–Crippen MR) is 130 cm³/mol. The summed E-state index contributed by atoms with van der Waals surface area (Å²) in [7, 11) is 3.35. The van der Waals surface area contributed by atoms with E-state index in [0.717, 1.165) is 12.8 Å². The number of hydrogen-bond acceptors (Lipinski definition) is 5. The Labute approximate surface area is 202 Å². The zero-order chi connectivity index (χ0) is 25.0. The fraction of sp³-hybridized carbons (Fsp3) is 0.640. The number of rotatable bonds is 4. The van der Waals surface area contributed by atoms with E-state index in [1.54, 1.807) is 42.2 Å². The summed E-state index contributed by atoms with van der Waals surface area (Å²) < 4.78 is 11.8. The van der Waals surface area contributed by atoms with Crippen LogP contribution in [0.25, 0.3) is 0 Å². The molecule has 9 nitrogen and oxygen atoms in total. The summed E-state index contributed by atoms with van der Waals surface area (Å²) >= 11 is 0. The van der Waals surface area contributed by atoms with Crippen molar-refractivity contribution in [2.24, 2.45) is 11.8 Å². The molecule has 0 unspecified atom stereocenters. The van der Waals surface area contributed by atoms with Crippen molar-refractivity contribution in [2.75, 3.05) is 39.2 Å². The minimum Gasteiger partial charge on any atom is -0.491 e. The van der Waals surface area contributed by atoms with Gasteiger partial charge in [0, 0.05) is 56.9 Å². The number of nitrogens with zero attached hydrogens (tertiary/aromatic N) is 2. The Morgan fingerprint density at radius 3 is 2.50 bits per heavy atom. The second kappa shape index (κ2) is 11.1. The third-order valence-corrected chi connectivity index (χ3v) is 6.34. The summed E-state index contributed by atoms with van der Waals surface area (Å²) in [5, 5.41) is 5.88. The Kier molecular flexibility index (Phi) is 8.41. The van der Waals surface area contributed by atoms with Crippen LogP contribution in [0.3, 0.4) is 0 Å². The van der Waals surface area contributed by atoms with E-state index in [1.165, 1.54) is 0 Å². The van der Waals surface area contributed by atoms with Crippen LogP contribution in [0.1, 0.15) is 50.9 Å². The number of ether oxygens (including phenoxy) is 2. The number of fused-ring (bicyclic) bond motifs is 1. The second-order valence-corrected chi connectivity index (χ2v) is 9.83. The smallest absolute Gasteiger partial charge is 0.317 e. The maximum Gasteiger partial charge on any atom is 0.317 e. The van der Waals surface area contributed by atoms with Gasteiger partial charge in [-0.3, -0.25) is 9.59 Å². The van der Waals surface area contributed by atoms with Crippen LogP contribution >= 0.6 is 0 Å². The van der Waals surface area contributed by atoms with Crippen molar-refractivity contribution in [2.45, 2.75) is 58.7 Å². The molecule has 188 valence electrons. The number of likely N-dealkylation sites (N-methyl/N-ethyl adjacent to an activating group) is 1. The van der Waals surface area contributed by atoms with Crippen molar-refractivity contribution in [1.29, 1.82) is 0 Å². The van der Waals surface area contributed by atoms with Gasteiger partial charge in [0.2, 0.25) is 5.91 Å². The third kappa shape index (κ3) is 6.40. The summed E-state index contributed by atoms with van der Waals surface area (Å²) in [6.45, 7) is 8.80. The van der Waals surface area contributed by atoms with Crippen molar-refractivity contribution >= 4 is 23.5 Å². The summed E-state index contributed by atoms with van der Waals surface area (Å²) in [6, 6.07) is 4.67. The van der Waals surface area contributed by atoms with Crippen molar-refractivity contribution in [3.8, 4) is 5.75 Å². The molecule has 0 spiro atoms. The average molecular weight is 475 g/mol. The first-order valence-electron chi connectivity index (χ1n) is 12.0. The number of carbonyl (C=O) groups is 3. The summed E-state index contributed by atoms with van der Waals surface area (Å²) in [5.74, 6) is 0.227. The molecule has 1 saturated carbocycles. The molecule has 1 aliphatic carbocycles. The number of methoxy groups -OCH3 is 1. The Morgan fingerprint density at radius 2 is 1.88 bits per heavy atom. The molecule has 3 rings (SSSR count). The van der Waals surface area contributed by atoms with Crippen molar-refractivity contribution in [3.63, 3.8) is 0 Å². The van der Waals surface area contributed by atoms with Gasteiger partial charge in [-0.25, -0.2) is 4.79 Å². The Hall–Kier alpha value is -2.81. The van der Waals surface area contributed by atoms with Crippen molar-refractivity contribution < 1.29 is 23.9 Å². The molecule has 0 bridgehead atoms. The van der Waals surface area contributed by atoms with E-state index in [0.29, 0.717) is 30.1 Å². The van der Waals surface area contributed by atoms with Crippen LogP contribution in [0.15, 0.2) is 18.2 Å². The largest absolute Gasteiger partial charge is 0.491 e. The van der Waals surface area contributed by atoms with E-state index in [-0.39, 0.29) is 54.5 Å². The average Bonchev–Trinajstić information content (AvgIpc) is 3.63. The molecule has 0 radical (unpaired) electrons. The third-order valence-electron chi connectivity index (χ3n) is 6.34. The molecular weight excluding hydrogens is 436 g/mol. The molecule has 1 aromatic rings. The SMILES string of the molecule is CO[C@@H]1CN(C)C(=O)c2ccc(NC(=O)C3CC3)cc2OC[C@@H](C)N(C(=O)NC(C)C)C[C@H]1C. The molecule has 34 heavy (non-hydrogen) atoms. The molecule has 0 aromatic heterocycles. The zero-order valence-corrected chi connectivity index (χ0v) is 21.1. The minimum absolute atomic E-state index is 0.00218. The first-order valence-corrected chi connectivity index (χ1v) is 12.0.